The maximum Gasteiger partial charge on any atom is 0.144 e. The first-order chi connectivity index (χ1) is 7.78. The molecule has 0 fully saturated rings. The van der Waals surface area contributed by atoms with Crippen LogP contribution in [0.15, 0.2) is 46.3 Å². The molecular weight excluding hydrogens is 220 g/mol. The van der Waals surface area contributed by atoms with E-state index in [0.29, 0.717) is 11.6 Å². The van der Waals surface area contributed by atoms with Crippen LogP contribution < -0.4 is 11.3 Å². The zero-order valence-corrected chi connectivity index (χ0v) is 9.66. The van der Waals surface area contributed by atoms with Crippen LogP contribution in [0.3, 0.4) is 0 Å². The van der Waals surface area contributed by atoms with E-state index >= 15 is 0 Å². The number of hydrazine groups is 1. The summed E-state index contributed by atoms with van der Waals surface area (Å²) in [6.07, 6.45) is 0. The van der Waals surface area contributed by atoms with Gasteiger partial charge in [0.1, 0.15) is 16.7 Å². The van der Waals surface area contributed by atoms with Crippen molar-refractivity contribution in [3.63, 3.8) is 0 Å². The normalized spacial score (nSPS) is 10.1. The van der Waals surface area contributed by atoms with Crippen LogP contribution in [0.25, 0.3) is 0 Å². The Bertz CT molecular complexity index is 473. The number of aryl methyl sites for hydroxylation is 1. The van der Waals surface area contributed by atoms with Gasteiger partial charge in [-0.05, 0) is 19.1 Å². The average molecular weight is 232 g/mol. The second-order valence-corrected chi connectivity index (χ2v) is 4.29. The van der Waals surface area contributed by atoms with E-state index in [1.165, 1.54) is 0 Å². The Hall–Kier alpha value is -1.59. The summed E-state index contributed by atoms with van der Waals surface area (Å²) in [4.78, 5) is 9.61. The van der Waals surface area contributed by atoms with Crippen molar-refractivity contribution in [1.82, 2.24) is 9.97 Å². The largest absolute Gasteiger partial charge is 0.308 e. The van der Waals surface area contributed by atoms with Crippen molar-refractivity contribution in [2.75, 3.05) is 5.43 Å². The number of hydrogen-bond acceptors (Lipinski definition) is 5. The summed E-state index contributed by atoms with van der Waals surface area (Å²) in [6.45, 7) is 1.84. The average Bonchev–Trinajstić information content (AvgIpc) is 2.29. The van der Waals surface area contributed by atoms with E-state index in [2.05, 4.69) is 15.4 Å². The van der Waals surface area contributed by atoms with E-state index in [1.54, 1.807) is 11.8 Å². The van der Waals surface area contributed by atoms with E-state index < -0.39 is 0 Å². The third kappa shape index (κ3) is 2.71. The summed E-state index contributed by atoms with van der Waals surface area (Å²) in [5.41, 5.74) is 2.53. The first kappa shape index (κ1) is 10.9. The molecule has 0 aliphatic carbocycles. The number of benzene rings is 1. The van der Waals surface area contributed by atoms with Crippen molar-refractivity contribution in [2.45, 2.75) is 16.8 Å². The molecule has 2 aromatic rings. The monoisotopic (exact) mass is 232 g/mol. The summed E-state index contributed by atoms with van der Waals surface area (Å²) in [5, 5.41) is 0.881. The highest BCUT2D eigenvalue weighted by Gasteiger charge is 2.02. The van der Waals surface area contributed by atoms with Gasteiger partial charge in [0.2, 0.25) is 0 Å². The molecule has 0 bridgehead atoms. The molecule has 5 heteroatoms. The van der Waals surface area contributed by atoms with E-state index in [4.69, 9.17) is 5.84 Å². The molecular formula is C11H12N4S. The van der Waals surface area contributed by atoms with E-state index in [9.17, 15) is 0 Å². The lowest BCUT2D eigenvalue weighted by Crippen LogP contribution is -2.09. The number of nitrogens with two attached hydrogens (primary N) is 1. The van der Waals surface area contributed by atoms with Crippen LogP contribution >= 0.6 is 11.8 Å². The van der Waals surface area contributed by atoms with Crippen LogP contribution in [-0.2, 0) is 0 Å². The van der Waals surface area contributed by atoms with Gasteiger partial charge >= 0.3 is 0 Å². The molecule has 0 aliphatic rings. The number of nitrogens with one attached hydrogen (secondary N) is 1. The fraction of sp³-hybridized carbons (Fsp3) is 0.0909. The lowest BCUT2D eigenvalue weighted by atomic mass is 10.4. The van der Waals surface area contributed by atoms with Gasteiger partial charge in [0.05, 0.1) is 0 Å². The number of aromatic nitrogens is 2. The van der Waals surface area contributed by atoms with Crippen LogP contribution in [0.2, 0.25) is 0 Å². The predicted octanol–water partition coefficient (Wildman–Crippen LogP) is 2.22. The van der Waals surface area contributed by atoms with Gasteiger partial charge in [-0.3, -0.25) is 0 Å². The fourth-order valence-electron chi connectivity index (χ4n) is 1.28. The Morgan fingerprint density at radius 3 is 2.62 bits per heavy atom. The molecule has 3 N–H and O–H groups in total. The first-order valence-corrected chi connectivity index (χ1v) is 5.65. The van der Waals surface area contributed by atoms with Gasteiger partial charge < -0.3 is 5.43 Å². The third-order valence-electron chi connectivity index (χ3n) is 1.93. The van der Waals surface area contributed by atoms with Crippen molar-refractivity contribution >= 4 is 17.6 Å². The number of rotatable bonds is 3. The van der Waals surface area contributed by atoms with Gasteiger partial charge in [-0.1, -0.05) is 30.0 Å². The molecule has 0 amide bonds. The minimum absolute atomic E-state index is 0.630. The minimum Gasteiger partial charge on any atom is -0.308 e. The number of nitrogens with zero attached hydrogens (tertiary/aromatic N) is 2. The van der Waals surface area contributed by atoms with Crippen LogP contribution in [0.5, 0.6) is 0 Å². The summed E-state index contributed by atoms with van der Waals surface area (Å²) in [5.74, 6) is 6.66. The molecule has 1 aromatic carbocycles. The highest BCUT2D eigenvalue weighted by molar-refractivity contribution is 7.99. The van der Waals surface area contributed by atoms with Crippen LogP contribution in [0.4, 0.5) is 5.82 Å². The molecule has 0 radical (unpaired) electrons. The second kappa shape index (κ2) is 4.96. The lowest BCUT2D eigenvalue weighted by molar-refractivity contribution is 0.964. The zero-order chi connectivity index (χ0) is 11.4. The van der Waals surface area contributed by atoms with Crippen molar-refractivity contribution in [3.05, 3.63) is 42.2 Å². The van der Waals surface area contributed by atoms with Gasteiger partial charge in [0.15, 0.2) is 0 Å². The SMILES string of the molecule is Cc1nc(NN)cc(Sc2ccccc2)n1. The molecule has 0 saturated carbocycles. The van der Waals surface area contributed by atoms with E-state index in [-0.39, 0.29) is 0 Å². The maximum absolute atomic E-state index is 5.33. The molecule has 0 spiro atoms. The summed E-state index contributed by atoms with van der Waals surface area (Å²) < 4.78 is 0. The van der Waals surface area contributed by atoms with Crippen molar-refractivity contribution in [3.8, 4) is 0 Å². The maximum atomic E-state index is 5.33. The van der Waals surface area contributed by atoms with Crippen LogP contribution in [0.1, 0.15) is 5.82 Å². The Balaban J connectivity index is 2.24. The molecule has 0 unspecified atom stereocenters. The van der Waals surface area contributed by atoms with Gasteiger partial charge in [-0.25, -0.2) is 15.8 Å². The van der Waals surface area contributed by atoms with Crippen molar-refractivity contribution < 1.29 is 0 Å². The van der Waals surface area contributed by atoms with Gasteiger partial charge in [0, 0.05) is 11.0 Å². The minimum atomic E-state index is 0.630. The Labute approximate surface area is 98.3 Å². The lowest BCUT2D eigenvalue weighted by Gasteiger charge is -2.04. The quantitative estimate of drug-likeness (QED) is 0.482. The summed E-state index contributed by atoms with van der Waals surface area (Å²) >= 11 is 1.58. The van der Waals surface area contributed by atoms with Gasteiger partial charge in [-0.2, -0.15) is 0 Å². The van der Waals surface area contributed by atoms with E-state index in [1.807, 2.05) is 43.3 Å². The molecule has 0 aliphatic heterocycles. The van der Waals surface area contributed by atoms with E-state index in [0.717, 1.165) is 9.92 Å². The fourth-order valence-corrected chi connectivity index (χ4v) is 2.16. The summed E-state index contributed by atoms with van der Waals surface area (Å²) in [7, 11) is 0. The second-order valence-electron chi connectivity index (χ2n) is 3.20. The summed E-state index contributed by atoms with van der Waals surface area (Å²) in [6, 6.07) is 11.9. The third-order valence-corrected chi connectivity index (χ3v) is 2.85. The molecule has 1 aromatic heterocycles. The molecule has 2 rings (SSSR count). The van der Waals surface area contributed by atoms with Gasteiger partial charge in [0.25, 0.3) is 0 Å². The smallest absolute Gasteiger partial charge is 0.144 e. The Kier molecular flexibility index (Phi) is 3.38. The number of anilines is 1. The molecule has 0 saturated heterocycles. The highest BCUT2D eigenvalue weighted by atomic mass is 32.2. The topological polar surface area (TPSA) is 63.8 Å². The Morgan fingerprint density at radius 1 is 1.19 bits per heavy atom. The Morgan fingerprint density at radius 2 is 1.94 bits per heavy atom. The van der Waals surface area contributed by atoms with Gasteiger partial charge in [-0.15, -0.1) is 0 Å². The van der Waals surface area contributed by atoms with Crippen molar-refractivity contribution in [2.24, 2.45) is 5.84 Å². The zero-order valence-electron chi connectivity index (χ0n) is 8.84. The molecule has 1 heterocycles. The number of hydrogen-bond donors (Lipinski definition) is 2. The predicted molar refractivity (Wildman–Crippen MR) is 65.1 cm³/mol. The number of nitrogen functional groups attached to an aromatic ring is 1. The highest BCUT2D eigenvalue weighted by Crippen LogP contribution is 2.26. The van der Waals surface area contributed by atoms with Crippen molar-refractivity contribution in [1.29, 1.82) is 0 Å². The molecule has 16 heavy (non-hydrogen) atoms. The van der Waals surface area contributed by atoms with Crippen LogP contribution in [0, 0.1) is 6.92 Å². The standard InChI is InChI=1S/C11H12N4S/c1-8-13-10(15-12)7-11(14-8)16-9-5-3-2-4-6-9/h2-7H,12H2,1H3,(H,13,14,15). The van der Waals surface area contributed by atoms with Crippen LogP contribution in [-0.4, -0.2) is 9.97 Å². The molecule has 4 nitrogen and oxygen atoms in total. The molecule has 82 valence electrons. The first-order valence-electron chi connectivity index (χ1n) is 4.83. The molecule has 0 atom stereocenters.